The van der Waals surface area contributed by atoms with E-state index in [0.717, 1.165) is 36.6 Å². The Bertz CT molecular complexity index is 525. The molecule has 0 saturated carbocycles. The minimum atomic E-state index is 0.251. The van der Waals surface area contributed by atoms with Gasteiger partial charge in [0.1, 0.15) is 5.82 Å². The lowest BCUT2D eigenvalue weighted by Gasteiger charge is -2.17. The minimum Gasteiger partial charge on any atom is -0.383 e. The highest BCUT2D eigenvalue weighted by Gasteiger charge is 2.14. The first kappa shape index (κ1) is 13.9. The number of fused-ring (bicyclic) bond motifs is 1. The average molecular weight is 263 g/mol. The van der Waals surface area contributed by atoms with Crippen molar-refractivity contribution < 1.29 is 4.74 Å². The van der Waals surface area contributed by atoms with Crippen LogP contribution in [0.25, 0.3) is 5.65 Å². The largest absolute Gasteiger partial charge is 0.383 e. The van der Waals surface area contributed by atoms with E-state index in [1.54, 1.807) is 13.3 Å². The van der Waals surface area contributed by atoms with Crippen molar-refractivity contribution in [1.29, 1.82) is 0 Å². The van der Waals surface area contributed by atoms with Crippen molar-refractivity contribution in [2.45, 2.75) is 32.7 Å². The molecule has 0 fully saturated rings. The van der Waals surface area contributed by atoms with Gasteiger partial charge in [-0.15, -0.1) is 10.2 Å². The van der Waals surface area contributed by atoms with E-state index in [1.807, 2.05) is 17.5 Å². The van der Waals surface area contributed by atoms with E-state index in [9.17, 15) is 0 Å². The van der Waals surface area contributed by atoms with Crippen molar-refractivity contribution in [2.24, 2.45) is 0 Å². The summed E-state index contributed by atoms with van der Waals surface area (Å²) in [5.74, 6) is 0.878. The van der Waals surface area contributed by atoms with Gasteiger partial charge >= 0.3 is 0 Å². The van der Waals surface area contributed by atoms with Crippen molar-refractivity contribution in [2.75, 3.05) is 20.3 Å². The van der Waals surface area contributed by atoms with Crippen molar-refractivity contribution in [3.8, 4) is 0 Å². The monoisotopic (exact) mass is 263 g/mol. The Morgan fingerprint density at radius 1 is 1.42 bits per heavy atom. The van der Waals surface area contributed by atoms with Crippen LogP contribution >= 0.6 is 0 Å². The highest BCUT2D eigenvalue weighted by molar-refractivity contribution is 5.43. The Hall–Kier alpha value is -1.53. The number of methoxy groups -OCH3 is 1. The number of nitrogens with zero attached hydrogens (tertiary/aromatic N) is 4. The number of nitrogens with one attached hydrogen (secondary N) is 1. The topological polar surface area (TPSA) is 64.3 Å². The molecule has 0 aromatic carbocycles. The molecule has 2 rings (SSSR count). The second-order valence-electron chi connectivity index (χ2n) is 4.63. The van der Waals surface area contributed by atoms with Crippen LogP contribution in [-0.2, 0) is 11.2 Å². The molecule has 1 unspecified atom stereocenters. The van der Waals surface area contributed by atoms with E-state index in [2.05, 4.69) is 27.4 Å². The average Bonchev–Trinajstić information content (AvgIpc) is 2.79. The maximum Gasteiger partial charge on any atom is 0.182 e. The van der Waals surface area contributed by atoms with Gasteiger partial charge in [0.15, 0.2) is 5.65 Å². The standard InChI is InChI=1S/C13H21N5O/c1-4-5-14-11(9-19-3)8-12-13-17-16-10(2)18(13)7-6-15-12/h6-7,11,14H,4-5,8-9H2,1-3H3. The molecule has 0 saturated heterocycles. The van der Waals surface area contributed by atoms with Gasteiger partial charge in [0.25, 0.3) is 0 Å². The lowest BCUT2D eigenvalue weighted by Crippen LogP contribution is -2.36. The van der Waals surface area contributed by atoms with Crippen LogP contribution < -0.4 is 5.32 Å². The van der Waals surface area contributed by atoms with Crippen LogP contribution in [0.4, 0.5) is 0 Å². The van der Waals surface area contributed by atoms with Crippen LogP contribution in [-0.4, -0.2) is 45.9 Å². The smallest absolute Gasteiger partial charge is 0.182 e. The molecule has 19 heavy (non-hydrogen) atoms. The number of rotatable bonds is 7. The van der Waals surface area contributed by atoms with Gasteiger partial charge in [-0.25, -0.2) is 0 Å². The zero-order valence-corrected chi connectivity index (χ0v) is 11.8. The Morgan fingerprint density at radius 2 is 2.26 bits per heavy atom. The highest BCUT2D eigenvalue weighted by atomic mass is 16.5. The maximum atomic E-state index is 5.26. The molecule has 0 aliphatic rings. The summed E-state index contributed by atoms with van der Waals surface area (Å²) in [6.07, 6.45) is 5.57. The van der Waals surface area contributed by atoms with Crippen molar-refractivity contribution in [1.82, 2.24) is 24.9 Å². The van der Waals surface area contributed by atoms with E-state index < -0.39 is 0 Å². The quantitative estimate of drug-likeness (QED) is 0.807. The minimum absolute atomic E-state index is 0.251. The molecule has 2 heterocycles. The molecule has 104 valence electrons. The lowest BCUT2D eigenvalue weighted by molar-refractivity contribution is 0.166. The summed E-state index contributed by atoms with van der Waals surface area (Å²) in [7, 11) is 1.72. The zero-order chi connectivity index (χ0) is 13.7. The van der Waals surface area contributed by atoms with Crippen LogP contribution in [0.3, 0.4) is 0 Å². The fraction of sp³-hybridized carbons (Fsp3) is 0.615. The van der Waals surface area contributed by atoms with E-state index in [4.69, 9.17) is 4.74 Å². The van der Waals surface area contributed by atoms with Gasteiger partial charge in [-0.3, -0.25) is 9.38 Å². The Morgan fingerprint density at radius 3 is 3.00 bits per heavy atom. The van der Waals surface area contributed by atoms with Crippen LogP contribution in [0.15, 0.2) is 12.4 Å². The zero-order valence-electron chi connectivity index (χ0n) is 11.8. The third kappa shape index (κ3) is 3.27. The number of aryl methyl sites for hydroxylation is 1. The SMILES string of the molecule is CCCNC(COC)Cc1nccn2c(C)nnc12. The van der Waals surface area contributed by atoms with Crippen LogP contribution in [0.5, 0.6) is 0 Å². The van der Waals surface area contributed by atoms with Gasteiger partial charge in [-0.2, -0.15) is 0 Å². The summed E-state index contributed by atoms with van der Waals surface area (Å²) < 4.78 is 7.22. The Kier molecular flexibility index (Phi) is 4.81. The first-order valence-electron chi connectivity index (χ1n) is 6.63. The fourth-order valence-corrected chi connectivity index (χ4v) is 2.11. The van der Waals surface area contributed by atoms with Crippen LogP contribution in [0.1, 0.15) is 24.9 Å². The van der Waals surface area contributed by atoms with E-state index >= 15 is 0 Å². The van der Waals surface area contributed by atoms with Crippen molar-refractivity contribution >= 4 is 5.65 Å². The Labute approximate surface area is 113 Å². The molecule has 0 aliphatic heterocycles. The molecule has 0 radical (unpaired) electrons. The number of hydrogen-bond acceptors (Lipinski definition) is 5. The molecule has 6 heteroatoms. The summed E-state index contributed by atoms with van der Waals surface area (Å²) >= 11 is 0. The van der Waals surface area contributed by atoms with Gasteiger partial charge < -0.3 is 10.1 Å². The first-order chi connectivity index (χ1) is 9.26. The number of aromatic nitrogens is 4. The molecule has 0 amide bonds. The van der Waals surface area contributed by atoms with Gasteiger partial charge in [-0.1, -0.05) is 6.92 Å². The normalized spacial score (nSPS) is 13.0. The van der Waals surface area contributed by atoms with Crippen molar-refractivity contribution in [3.05, 3.63) is 23.9 Å². The second kappa shape index (κ2) is 6.58. The number of hydrogen-bond donors (Lipinski definition) is 1. The molecule has 2 aromatic heterocycles. The molecule has 0 spiro atoms. The molecule has 1 atom stereocenters. The van der Waals surface area contributed by atoms with Gasteiger partial charge in [0.05, 0.1) is 12.3 Å². The molecular weight excluding hydrogens is 242 g/mol. The number of ether oxygens (including phenoxy) is 1. The first-order valence-corrected chi connectivity index (χ1v) is 6.63. The molecular formula is C13H21N5O. The van der Waals surface area contributed by atoms with Gasteiger partial charge in [-0.05, 0) is 19.9 Å². The third-order valence-corrected chi connectivity index (χ3v) is 3.06. The van der Waals surface area contributed by atoms with E-state index in [0.29, 0.717) is 6.61 Å². The molecule has 1 N–H and O–H groups in total. The van der Waals surface area contributed by atoms with Crippen LogP contribution in [0, 0.1) is 6.92 Å². The fourth-order valence-electron chi connectivity index (χ4n) is 2.11. The Balaban J connectivity index is 2.18. The van der Waals surface area contributed by atoms with E-state index in [-0.39, 0.29) is 6.04 Å². The molecule has 6 nitrogen and oxygen atoms in total. The van der Waals surface area contributed by atoms with Gasteiger partial charge in [0.2, 0.25) is 0 Å². The summed E-state index contributed by atoms with van der Waals surface area (Å²) in [5.41, 5.74) is 1.79. The molecule has 0 aliphatic carbocycles. The predicted octanol–water partition coefficient (Wildman–Crippen LogP) is 0.990. The molecule has 2 aromatic rings. The predicted molar refractivity (Wildman–Crippen MR) is 73.2 cm³/mol. The summed E-state index contributed by atoms with van der Waals surface area (Å²) in [5, 5.41) is 11.8. The third-order valence-electron chi connectivity index (χ3n) is 3.06. The molecule has 0 bridgehead atoms. The van der Waals surface area contributed by atoms with Crippen LogP contribution in [0.2, 0.25) is 0 Å². The highest BCUT2D eigenvalue weighted by Crippen LogP contribution is 2.09. The maximum absolute atomic E-state index is 5.26. The summed E-state index contributed by atoms with van der Waals surface area (Å²) in [6.45, 7) is 5.72. The lowest BCUT2D eigenvalue weighted by atomic mass is 10.1. The van der Waals surface area contributed by atoms with Gasteiger partial charge in [0, 0.05) is 32.0 Å². The summed E-state index contributed by atoms with van der Waals surface area (Å²) in [4.78, 5) is 4.43. The second-order valence-corrected chi connectivity index (χ2v) is 4.63. The summed E-state index contributed by atoms with van der Waals surface area (Å²) in [6, 6.07) is 0.251. The van der Waals surface area contributed by atoms with Crippen molar-refractivity contribution in [3.63, 3.8) is 0 Å². The van der Waals surface area contributed by atoms with E-state index in [1.165, 1.54) is 0 Å².